The Balaban J connectivity index is 1.99. The van der Waals surface area contributed by atoms with Gasteiger partial charge in [0.1, 0.15) is 0 Å². The van der Waals surface area contributed by atoms with Gasteiger partial charge in [0.25, 0.3) is 0 Å². The lowest BCUT2D eigenvalue weighted by Crippen LogP contribution is -2.35. The Labute approximate surface area is 127 Å². The van der Waals surface area contributed by atoms with Crippen LogP contribution in [-0.2, 0) is 13.6 Å². The Morgan fingerprint density at radius 1 is 1.14 bits per heavy atom. The van der Waals surface area contributed by atoms with E-state index in [-0.39, 0.29) is 0 Å². The number of aryl methyl sites for hydroxylation is 1. The lowest BCUT2D eigenvalue weighted by Gasteiger charge is -2.30. The number of likely N-dealkylation sites (N-methyl/N-ethyl adjacent to an activating group) is 1. The van der Waals surface area contributed by atoms with Gasteiger partial charge in [-0.3, -0.25) is 9.58 Å². The average molecular weight is 286 g/mol. The molecule has 0 spiro atoms. The third-order valence-corrected chi connectivity index (χ3v) is 3.85. The van der Waals surface area contributed by atoms with E-state index in [4.69, 9.17) is 0 Å². The number of hydrogen-bond acceptors (Lipinski definition) is 3. The second-order valence-corrected chi connectivity index (χ2v) is 5.26. The fourth-order valence-electron chi connectivity index (χ4n) is 2.69. The van der Waals surface area contributed by atoms with Gasteiger partial charge in [-0.25, -0.2) is 0 Å². The van der Waals surface area contributed by atoms with Crippen LogP contribution in [0.15, 0.2) is 42.6 Å². The molecule has 0 aliphatic carbocycles. The monoisotopic (exact) mass is 286 g/mol. The van der Waals surface area contributed by atoms with E-state index in [0.29, 0.717) is 6.04 Å². The molecule has 0 aliphatic rings. The molecule has 1 unspecified atom stereocenters. The second-order valence-electron chi connectivity index (χ2n) is 5.26. The summed E-state index contributed by atoms with van der Waals surface area (Å²) < 4.78 is 1.84. The minimum atomic E-state index is 0.407. The zero-order valence-corrected chi connectivity index (χ0v) is 13.3. The molecule has 0 bridgehead atoms. The maximum atomic E-state index is 4.41. The Morgan fingerprint density at radius 2 is 1.86 bits per heavy atom. The van der Waals surface area contributed by atoms with E-state index in [2.05, 4.69) is 65.6 Å². The van der Waals surface area contributed by atoms with Gasteiger partial charge in [-0.05, 0) is 24.7 Å². The molecular weight excluding hydrogens is 260 g/mol. The molecule has 0 radical (unpaired) electrons. The van der Waals surface area contributed by atoms with Crippen LogP contribution in [0, 0.1) is 0 Å². The smallest absolute Gasteiger partial charge is 0.0762 e. The SMILES string of the molecule is CCN(CC)C(CNCc1ccn(C)n1)c1ccccc1. The second kappa shape index (κ2) is 7.96. The van der Waals surface area contributed by atoms with Crippen LogP contribution in [0.3, 0.4) is 0 Å². The van der Waals surface area contributed by atoms with Gasteiger partial charge in [-0.2, -0.15) is 5.10 Å². The lowest BCUT2D eigenvalue weighted by molar-refractivity contribution is 0.213. The Hall–Kier alpha value is -1.65. The highest BCUT2D eigenvalue weighted by atomic mass is 15.3. The standard InChI is InChI=1S/C17H26N4/c1-4-21(5-2)17(15-9-7-6-8-10-15)14-18-13-16-11-12-20(3)19-16/h6-12,17-18H,4-5,13-14H2,1-3H3. The van der Waals surface area contributed by atoms with Crippen LogP contribution in [0.2, 0.25) is 0 Å². The molecule has 0 saturated heterocycles. The predicted octanol–water partition coefficient (Wildman–Crippen LogP) is 2.59. The van der Waals surface area contributed by atoms with Crippen molar-refractivity contribution in [1.82, 2.24) is 20.0 Å². The van der Waals surface area contributed by atoms with Crippen molar-refractivity contribution in [2.24, 2.45) is 7.05 Å². The molecule has 1 aromatic carbocycles. The Kier molecular flexibility index (Phi) is 5.96. The maximum absolute atomic E-state index is 4.41. The van der Waals surface area contributed by atoms with Gasteiger partial charge in [-0.1, -0.05) is 44.2 Å². The lowest BCUT2D eigenvalue weighted by atomic mass is 10.1. The van der Waals surface area contributed by atoms with Crippen LogP contribution < -0.4 is 5.32 Å². The van der Waals surface area contributed by atoms with Crippen molar-refractivity contribution in [3.8, 4) is 0 Å². The first-order valence-electron chi connectivity index (χ1n) is 7.72. The van der Waals surface area contributed by atoms with Gasteiger partial charge in [0.15, 0.2) is 0 Å². The zero-order chi connectivity index (χ0) is 15.1. The Bertz CT molecular complexity index is 517. The summed E-state index contributed by atoms with van der Waals surface area (Å²) in [6.07, 6.45) is 1.98. The summed E-state index contributed by atoms with van der Waals surface area (Å²) in [7, 11) is 1.95. The maximum Gasteiger partial charge on any atom is 0.0762 e. The summed E-state index contributed by atoms with van der Waals surface area (Å²) in [5.74, 6) is 0. The van der Waals surface area contributed by atoms with Crippen molar-refractivity contribution in [3.05, 3.63) is 53.9 Å². The van der Waals surface area contributed by atoms with Gasteiger partial charge >= 0.3 is 0 Å². The van der Waals surface area contributed by atoms with Gasteiger partial charge in [0, 0.05) is 32.4 Å². The zero-order valence-electron chi connectivity index (χ0n) is 13.3. The van der Waals surface area contributed by atoms with Gasteiger partial charge in [0.2, 0.25) is 0 Å². The first-order valence-corrected chi connectivity index (χ1v) is 7.72. The number of hydrogen-bond donors (Lipinski definition) is 1. The highest BCUT2D eigenvalue weighted by Gasteiger charge is 2.17. The molecule has 2 rings (SSSR count). The topological polar surface area (TPSA) is 33.1 Å². The molecule has 1 atom stereocenters. The molecule has 1 aromatic heterocycles. The van der Waals surface area contributed by atoms with E-state index >= 15 is 0 Å². The minimum absolute atomic E-state index is 0.407. The number of nitrogens with one attached hydrogen (secondary N) is 1. The van der Waals surface area contributed by atoms with Crippen LogP contribution in [0.5, 0.6) is 0 Å². The van der Waals surface area contributed by atoms with E-state index < -0.39 is 0 Å². The number of benzene rings is 1. The summed E-state index contributed by atoms with van der Waals surface area (Å²) in [4.78, 5) is 2.49. The van der Waals surface area contributed by atoms with Gasteiger partial charge in [0.05, 0.1) is 5.69 Å². The number of rotatable bonds is 8. The van der Waals surface area contributed by atoms with E-state index in [9.17, 15) is 0 Å². The molecule has 4 nitrogen and oxygen atoms in total. The summed E-state index contributed by atoms with van der Waals surface area (Å²) in [5.41, 5.74) is 2.46. The highest BCUT2D eigenvalue weighted by Crippen LogP contribution is 2.19. The molecule has 21 heavy (non-hydrogen) atoms. The average Bonchev–Trinajstić information content (AvgIpc) is 2.93. The molecule has 0 aliphatic heterocycles. The molecule has 1 N–H and O–H groups in total. The van der Waals surface area contributed by atoms with Crippen LogP contribution in [0.1, 0.15) is 31.1 Å². The van der Waals surface area contributed by atoms with Crippen molar-refractivity contribution in [2.75, 3.05) is 19.6 Å². The quantitative estimate of drug-likeness (QED) is 0.810. The first kappa shape index (κ1) is 15.7. The van der Waals surface area contributed by atoms with E-state index in [1.807, 2.05) is 17.9 Å². The predicted molar refractivity (Wildman–Crippen MR) is 87.0 cm³/mol. The van der Waals surface area contributed by atoms with Gasteiger partial charge in [-0.15, -0.1) is 0 Å². The van der Waals surface area contributed by atoms with Crippen molar-refractivity contribution in [1.29, 1.82) is 0 Å². The first-order chi connectivity index (χ1) is 10.2. The fourth-order valence-corrected chi connectivity index (χ4v) is 2.69. The normalized spacial score (nSPS) is 12.8. The van der Waals surface area contributed by atoms with E-state index in [1.54, 1.807) is 0 Å². The van der Waals surface area contributed by atoms with Crippen LogP contribution in [0.4, 0.5) is 0 Å². The van der Waals surface area contributed by atoms with Crippen LogP contribution >= 0.6 is 0 Å². The number of nitrogens with zero attached hydrogens (tertiary/aromatic N) is 3. The third kappa shape index (κ3) is 4.41. The van der Waals surface area contributed by atoms with Crippen LogP contribution in [-0.4, -0.2) is 34.3 Å². The Morgan fingerprint density at radius 3 is 2.43 bits per heavy atom. The largest absolute Gasteiger partial charge is 0.309 e. The molecule has 0 saturated carbocycles. The van der Waals surface area contributed by atoms with Crippen LogP contribution in [0.25, 0.3) is 0 Å². The molecule has 114 valence electrons. The number of aromatic nitrogens is 2. The third-order valence-electron chi connectivity index (χ3n) is 3.85. The summed E-state index contributed by atoms with van der Waals surface area (Å²) in [6, 6.07) is 13.2. The van der Waals surface area contributed by atoms with Crippen molar-refractivity contribution < 1.29 is 0 Å². The van der Waals surface area contributed by atoms with Crippen molar-refractivity contribution in [3.63, 3.8) is 0 Å². The summed E-state index contributed by atoms with van der Waals surface area (Å²) in [5, 5.41) is 7.95. The van der Waals surface area contributed by atoms with E-state index in [1.165, 1.54) is 5.56 Å². The summed E-state index contributed by atoms with van der Waals surface area (Å²) >= 11 is 0. The highest BCUT2D eigenvalue weighted by molar-refractivity contribution is 5.19. The van der Waals surface area contributed by atoms with E-state index in [0.717, 1.165) is 31.9 Å². The molecule has 4 heteroatoms. The molecule has 0 amide bonds. The van der Waals surface area contributed by atoms with Gasteiger partial charge < -0.3 is 5.32 Å². The fraction of sp³-hybridized carbons (Fsp3) is 0.471. The molecular formula is C17H26N4. The summed E-state index contributed by atoms with van der Waals surface area (Å²) in [6.45, 7) is 8.30. The minimum Gasteiger partial charge on any atom is -0.309 e. The molecule has 2 aromatic rings. The molecule has 1 heterocycles. The van der Waals surface area contributed by atoms with Crippen molar-refractivity contribution >= 4 is 0 Å². The van der Waals surface area contributed by atoms with Crippen molar-refractivity contribution in [2.45, 2.75) is 26.4 Å². The molecule has 0 fully saturated rings.